The number of amides is 1. The topological polar surface area (TPSA) is 48.5 Å². The van der Waals surface area contributed by atoms with Crippen LogP contribution in [0, 0.1) is 5.82 Å². The standard InChI is InChI=1S/C22H20ClFN4O/c23-16-13-20(26-21(14-16)25-18-6-4-5-17(24)15-18)22(29)28-11-9-27(10-12-28)19-7-2-1-3-8-19/h1-8,13-15H,9-12H2,(H,25,26). The maximum atomic E-state index is 13.4. The summed E-state index contributed by atoms with van der Waals surface area (Å²) in [5.41, 5.74) is 1.96. The smallest absolute Gasteiger partial charge is 0.272 e. The number of pyridine rings is 1. The first-order valence-electron chi connectivity index (χ1n) is 9.38. The van der Waals surface area contributed by atoms with E-state index in [4.69, 9.17) is 11.6 Å². The summed E-state index contributed by atoms with van der Waals surface area (Å²) in [6, 6.07) is 19.3. The molecule has 29 heavy (non-hydrogen) atoms. The summed E-state index contributed by atoms with van der Waals surface area (Å²) in [5, 5.41) is 3.39. The Bertz CT molecular complexity index is 1010. The number of halogens is 2. The van der Waals surface area contributed by atoms with Crippen LogP contribution in [0.15, 0.2) is 66.7 Å². The molecule has 3 aromatic rings. The Balaban J connectivity index is 1.45. The number of anilines is 3. The molecule has 0 radical (unpaired) electrons. The second-order valence-electron chi connectivity index (χ2n) is 6.81. The minimum atomic E-state index is -0.357. The summed E-state index contributed by atoms with van der Waals surface area (Å²) in [7, 11) is 0. The average molecular weight is 411 g/mol. The van der Waals surface area contributed by atoms with Crippen molar-refractivity contribution < 1.29 is 9.18 Å². The van der Waals surface area contributed by atoms with Crippen molar-refractivity contribution in [2.75, 3.05) is 36.4 Å². The van der Waals surface area contributed by atoms with E-state index >= 15 is 0 Å². The SMILES string of the molecule is O=C(c1cc(Cl)cc(Nc2cccc(F)c2)n1)N1CCN(c2ccccc2)CC1. The van der Waals surface area contributed by atoms with E-state index in [9.17, 15) is 9.18 Å². The predicted octanol–water partition coefficient (Wildman–Crippen LogP) is 4.58. The molecule has 0 aliphatic carbocycles. The summed E-state index contributed by atoms with van der Waals surface area (Å²) >= 11 is 6.20. The van der Waals surface area contributed by atoms with E-state index in [1.54, 1.807) is 29.2 Å². The predicted molar refractivity (Wildman–Crippen MR) is 113 cm³/mol. The zero-order valence-corrected chi connectivity index (χ0v) is 16.4. The first kappa shape index (κ1) is 19.2. The molecule has 1 aromatic heterocycles. The van der Waals surface area contributed by atoms with E-state index in [0.29, 0.717) is 29.6 Å². The maximum absolute atomic E-state index is 13.4. The molecule has 1 N–H and O–H groups in total. The lowest BCUT2D eigenvalue weighted by Gasteiger charge is -2.36. The van der Waals surface area contributed by atoms with Crippen LogP contribution < -0.4 is 10.2 Å². The van der Waals surface area contributed by atoms with Gasteiger partial charge in [0.15, 0.2) is 0 Å². The lowest BCUT2D eigenvalue weighted by molar-refractivity contribution is 0.0741. The van der Waals surface area contributed by atoms with Crippen molar-refractivity contribution in [1.29, 1.82) is 0 Å². The van der Waals surface area contributed by atoms with Crippen molar-refractivity contribution in [2.24, 2.45) is 0 Å². The number of nitrogens with zero attached hydrogens (tertiary/aromatic N) is 3. The van der Waals surface area contributed by atoms with Gasteiger partial charge < -0.3 is 15.1 Å². The molecular weight excluding hydrogens is 391 g/mol. The summed E-state index contributed by atoms with van der Waals surface area (Å²) < 4.78 is 13.4. The van der Waals surface area contributed by atoms with Crippen LogP contribution in [0.4, 0.5) is 21.6 Å². The third kappa shape index (κ3) is 4.66. The van der Waals surface area contributed by atoms with Gasteiger partial charge in [0.05, 0.1) is 0 Å². The number of hydrogen-bond donors (Lipinski definition) is 1. The largest absolute Gasteiger partial charge is 0.368 e. The van der Waals surface area contributed by atoms with Crippen LogP contribution in [0.3, 0.4) is 0 Å². The van der Waals surface area contributed by atoms with Crippen LogP contribution in [0.5, 0.6) is 0 Å². The van der Waals surface area contributed by atoms with Crippen LogP contribution in [0.2, 0.25) is 5.02 Å². The fourth-order valence-corrected chi connectivity index (χ4v) is 3.56. The van der Waals surface area contributed by atoms with Gasteiger partial charge in [-0.05, 0) is 42.5 Å². The number of aromatic nitrogens is 1. The minimum absolute atomic E-state index is 0.164. The van der Waals surface area contributed by atoms with Crippen LogP contribution in [0.1, 0.15) is 10.5 Å². The quantitative estimate of drug-likeness (QED) is 0.684. The second kappa shape index (κ2) is 8.49. The molecule has 0 atom stereocenters. The maximum Gasteiger partial charge on any atom is 0.272 e. The van der Waals surface area contributed by atoms with Gasteiger partial charge in [0, 0.05) is 42.6 Å². The molecule has 1 amide bonds. The molecule has 148 valence electrons. The van der Waals surface area contributed by atoms with Gasteiger partial charge >= 0.3 is 0 Å². The molecule has 0 unspecified atom stereocenters. The van der Waals surface area contributed by atoms with Crippen LogP contribution in [-0.4, -0.2) is 42.0 Å². The highest BCUT2D eigenvalue weighted by molar-refractivity contribution is 6.31. The highest BCUT2D eigenvalue weighted by Crippen LogP contribution is 2.22. The second-order valence-corrected chi connectivity index (χ2v) is 7.24. The Hall–Kier alpha value is -3.12. The minimum Gasteiger partial charge on any atom is -0.368 e. The van der Waals surface area contributed by atoms with Gasteiger partial charge in [-0.3, -0.25) is 4.79 Å². The lowest BCUT2D eigenvalue weighted by atomic mass is 10.2. The molecule has 1 aliphatic heterocycles. The lowest BCUT2D eigenvalue weighted by Crippen LogP contribution is -2.49. The van der Waals surface area contributed by atoms with Crippen molar-refractivity contribution in [3.05, 3.63) is 83.3 Å². The monoisotopic (exact) mass is 410 g/mol. The fraction of sp³-hybridized carbons (Fsp3) is 0.182. The Morgan fingerprint density at radius 1 is 0.966 bits per heavy atom. The normalized spacial score (nSPS) is 14.0. The van der Waals surface area contributed by atoms with Crippen molar-refractivity contribution in [2.45, 2.75) is 0 Å². The highest BCUT2D eigenvalue weighted by atomic mass is 35.5. The number of benzene rings is 2. The molecule has 4 rings (SSSR count). The first-order chi connectivity index (χ1) is 14.1. The van der Waals surface area contributed by atoms with E-state index in [0.717, 1.165) is 18.8 Å². The van der Waals surface area contributed by atoms with Gasteiger partial charge in [0.1, 0.15) is 17.3 Å². The number of rotatable bonds is 4. The molecule has 1 fully saturated rings. The van der Waals surface area contributed by atoms with E-state index < -0.39 is 0 Å². The molecule has 1 aliphatic rings. The Morgan fingerprint density at radius 2 is 1.72 bits per heavy atom. The molecule has 0 spiro atoms. The van der Waals surface area contributed by atoms with Crippen molar-refractivity contribution in [3.8, 4) is 0 Å². The molecule has 0 saturated carbocycles. The zero-order chi connectivity index (χ0) is 20.2. The summed E-state index contributed by atoms with van der Waals surface area (Å²) in [4.78, 5) is 21.4. The number of para-hydroxylation sites is 1. The first-order valence-corrected chi connectivity index (χ1v) is 9.76. The number of nitrogens with one attached hydrogen (secondary N) is 1. The van der Waals surface area contributed by atoms with Crippen molar-refractivity contribution in [3.63, 3.8) is 0 Å². The van der Waals surface area contributed by atoms with E-state index in [-0.39, 0.29) is 17.4 Å². The summed E-state index contributed by atoms with van der Waals surface area (Å²) in [6.45, 7) is 2.72. The highest BCUT2D eigenvalue weighted by Gasteiger charge is 2.23. The van der Waals surface area contributed by atoms with Crippen LogP contribution >= 0.6 is 11.6 Å². The van der Waals surface area contributed by atoms with E-state index in [2.05, 4.69) is 27.3 Å². The third-order valence-electron chi connectivity index (χ3n) is 4.79. The van der Waals surface area contributed by atoms with E-state index in [1.165, 1.54) is 12.1 Å². The number of carbonyl (C=O) groups is 1. The van der Waals surface area contributed by atoms with Crippen molar-refractivity contribution in [1.82, 2.24) is 9.88 Å². The zero-order valence-electron chi connectivity index (χ0n) is 15.7. The molecule has 1 saturated heterocycles. The molecule has 7 heteroatoms. The van der Waals surface area contributed by atoms with Crippen LogP contribution in [-0.2, 0) is 0 Å². The van der Waals surface area contributed by atoms with Crippen molar-refractivity contribution >= 4 is 34.7 Å². The summed E-state index contributed by atoms with van der Waals surface area (Å²) in [6.07, 6.45) is 0. The number of hydrogen-bond acceptors (Lipinski definition) is 4. The van der Waals surface area contributed by atoms with Gasteiger partial charge in [-0.25, -0.2) is 9.37 Å². The Labute approximate surface area is 173 Å². The number of piperazine rings is 1. The Morgan fingerprint density at radius 3 is 2.45 bits per heavy atom. The average Bonchev–Trinajstić information content (AvgIpc) is 2.73. The summed E-state index contributed by atoms with van der Waals surface area (Å²) in [5.74, 6) is -0.124. The molecule has 5 nitrogen and oxygen atoms in total. The van der Waals surface area contributed by atoms with Gasteiger partial charge in [0.25, 0.3) is 5.91 Å². The molecular formula is C22H20ClFN4O. The van der Waals surface area contributed by atoms with E-state index in [1.807, 2.05) is 18.2 Å². The molecule has 0 bridgehead atoms. The molecule has 2 aromatic carbocycles. The number of carbonyl (C=O) groups excluding carboxylic acids is 1. The fourth-order valence-electron chi connectivity index (χ4n) is 3.35. The van der Waals surface area contributed by atoms with Gasteiger partial charge in [-0.15, -0.1) is 0 Å². The van der Waals surface area contributed by atoms with Gasteiger partial charge in [0.2, 0.25) is 0 Å². The van der Waals surface area contributed by atoms with Gasteiger partial charge in [-0.1, -0.05) is 35.9 Å². The van der Waals surface area contributed by atoms with Crippen LogP contribution in [0.25, 0.3) is 0 Å². The molecule has 2 heterocycles. The third-order valence-corrected chi connectivity index (χ3v) is 5.01. The Kier molecular flexibility index (Phi) is 5.62. The van der Waals surface area contributed by atoms with Gasteiger partial charge in [-0.2, -0.15) is 0 Å².